The fourth-order valence-corrected chi connectivity index (χ4v) is 3.64. The first-order chi connectivity index (χ1) is 15.5. The standard InChI is InChI=1S/C21H18Cl2F3N3O3/c22-17-7-16(8-18(23)9-17)20(21(30-10-24,31-11-25)32-12-26)6-3-15-1-4-19(5-2-15)29-14-27-13-28-29/h1-9,13-14,20H,10-12H2/b6-3+. The highest BCUT2D eigenvalue weighted by Crippen LogP contribution is 2.38. The minimum Gasteiger partial charge on any atom is -0.295 e. The molecule has 2 aromatic carbocycles. The number of nitrogens with zero attached hydrogens (tertiary/aromatic N) is 3. The summed E-state index contributed by atoms with van der Waals surface area (Å²) in [6, 6.07) is 11.6. The molecule has 0 spiro atoms. The molecule has 1 unspecified atom stereocenters. The quantitative estimate of drug-likeness (QED) is 0.317. The molecule has 3 rings (SSSR count). The Hall–Kier alpha value is -2.43. The second-order valence-electron chi connectivity index (χ2n) is 6.34. The number of halogens is 5. The van der Waals surface area contributed by atoms with Crippen LogP contribution in [-0.4, -0.2) is 41.3 Å². The van der Waals surface area contributed by atoms with Crippen molar-refractivity contribution in [2.45, 2.75) is 11.9 Å². The van der Waals surface area contributed by atoms with E-state index in [0.29, 0.717) is 11.1 Å². The summed E-state index contributed by atoms with van der Waals surface area (Å²) in [5.41, 5.74) is 1.81. The maximum atomic E-state index is 13.2. The van der Waals surface area contributed by atoms with E-state index in [-0.39, 0.29) is 10.0 Å². The number of rotatable bonds is 11. The summed E-state index contributed by atoms with van der Waals surface area (Å²) < 4.78 is 55.9. The fraction of sp³-hybridized carbons (Fsp3) is 0.238. The molecule has 170 valence electrons. The van der Waals surface area contributed by atoms with Crippen molar-refractivity contribution in [2.24, 2.45) is 0 Å². The maximum absolute atomic E-state index is 13.2. The topological polar surface area (TPSA) is 58.4 Å². The van der Waals surface area contributed by atoms with E-state index in [1.54, 1.807) is 41.4 Å². The molecule has 1 aromatic heterocycles. The van der Waals surface area contributed by atoms with Crippen LogP contribution < -0.4 is 0 Å². The second kappa shape index (κ2) is 11.4. The predicted molar refractivity (Wildman–Crippen MR) is 114 cm³/mol. The van der Waals surface area contributed by atoms with Gasteiger partial charge in [-0.15, -0.1) is 0 Å². The van der Waals surface area contributed by atoms with Crippen LogP contribution in [0.1, 0.15) is 17.0 Å². The molecule has 0 N–H and O–H groups in total. The molecule has 11 heteroatoms. The van der Waals surface area contributed by atoms with Crippen LogP contribution in [0.4, 0.5) is 13.2 Å². The lowest BCUT2D eigenvalue weighted by Gasteiger charge is -2.36. The summed E-state index contributed by atoms with van der Waals surface area (Å²) in [6.07, 6.45) is 6.08. The molecule has 0 aliphatic rings. The van der Waals surface area contributed by atoms with Gasteiger partial charge in [0.1, 0.15) is 12.7 Å². The normalized spacial score (nSPS) is 13.0. The zero-order chi connectivity index (χ0) is 23.0. The molecular formula is C21H18Cl2F3N3O3. The van der Waals surface area contributed by atoms with Gasteiger partial charge in [0.05, 0.1) is 11.6 Å². The Morgan fingerprint density at radius 2 is 1.53 bits per heavy atom. The Kier molecular flexibility index (Phi) is 8.66. The van der Waals surface area contributed by atoms with E-state index in [1.165, 1.54) is 30.6 Å². The first-order valence-electron chi connectivity index (χ1n) is 9.20. The lowest BCUT2D eigenvalue weighted by atomic mass is 9.94. The summed E-state index contributed by atoms with van der Waals surface area (Å²) >= 11 is 12.2. The van der Waals surface area contributed by atoms with Crippen molar-refractivity contribution in [1.29, 1.82) is 0 Å². The van der Waals surface area contributed by atoms with Gasteiger partial charge < -0.3 is 0 Å². The monoisotopic (exact) mass is 487 g/mol. The van der Waals surface area contributed by atoms with Crippen molar-refractivity contribution in [3.8, 4) is 5.69 Å². The summed E-state index contributed by atoms with van der Waals surface area (Å²) in [5.74, 6) is -3.58. The van der Waals surface area contributed by atoms with Gasteiger partial charge in [-0.3, -0.25) is 14.2 Å². The van der Waals surface area contributed by atoms with Crippen LogP contribution >= 0.6 is 23.2 Å². The van der Waals surface area contributed by atoms with E-state index in [0.717, 1.165) is 5.69 Å². The largest absolute Gasteiger partial charge is 0.300 e. The minimum atomic E-state index is -2.44. The van der Waals surface area contributed by atoms with E-state index in [2.05, 4.69) is 10.1 Å². The summed E-state index contributed by atoms with van der Waals surface area (Å²) in [6.45, 7) is -4.28. The Morgan fingerprint density at radius 1 is 0.938 bits per heavy atom. The molecule has 1 heterocycles. The average Bonchev–Trinajstić information content (AvgIpc) is 3.29. The SMILES string of the molecule is FCOC(OCF)(OCF)C(/C=C/c1ccc(-n2cncn2)cc1)c1cc(Cl)cc(Cl)c1. The number of benzene rings is 2. The van der Waals surface area contributed by atoms with E-state index in [1.807, 2.05) is 0 Å². The van der Waals surface area contributed by atoms with Gasteiger partial charge in [0.15, 0.2) is 20.6 Å². The lowest BCUT2D eigenvalue weighted by molar-refractivity contribution is -0.410. The molecule has 0 saturated carbocycles. The Morgan fingerprint density at radius 3 is 2.03 bits per heavy atom. The first-order valence-corrected chi connectivity index (χ1v) is 9.96. The lowest BCUT2D eigenvalue weighted by Crippen LogP contribution is -2.44. The summed E-state index contributed by atoms with van der Waals surface area (Å²) in [5, 5.41) is 4.54. The average molecular weight is 488 g/mol. The molecule has 6 nitrogen and oxygen atoms in total. The molecule has 0 aliphatic carbocycles. The van der Waals surface area contributed by atoms with Gasteiger partial charge in [-0.25, -0.2) is 22.8 Å². The fourth-order valence-electron chi connectivity index (χ4n) is 3.10. The van der Waals surface area contributed by atoms with Gasteiger partial charge in [0.25, 0.3) is 0 Å². The van der Waals surface area contributed by atoms with Gasteiger partial charge in [-0.05, 0) is 41.5 Å². The number of alkyl halides is 3. The smallest absolute Gasteiger partial charge is 0.295 e. The van der Waals surface area contributed by atoms with Crippen molar-refractivity contribution < 1.29 is 27.4 Å². The third kappa shape index (κ3) is 5.87. The predicted octanol–water partition coefficient (Wildman–Crippen LogP) is 5.86. The zero-order valence-corrected chi connectivity index (χ0v) is 18.0. The van der Waals surface area contributed by atoms with E-state index < -0.39 is 32.5 Å². The molecule has 0 fully saturated rings. The third-order valence-corrected chi connectivity index (χ3v) is 4.89. The van der Waals surface area contributed by atoms with E-state index in [4.69, 9.17) is 37.4 Å². The molecule has 32 heavy (non-hydrogen) atoms. The van der Waals surface area contributed by atoms with Gasteiger partial charge in [0.2, 0.25) is 0 Å². The summed E-state index contributed by atoms with van der Waals surface area (Å²) in [7, 11) is 0. The number of hydrogen-bond acceptors (Lipinski definition) is 5. The van der Waals surface area contributed by atoms with Crippen LogP contribution in [0.3, 0.4) is 0 Å². The second-order valence-corrected chi connectivity index (χ2v) is 7.21. The van der Waals surface area contributed by atoms with Gasteiger partial charge in [-0.2, -0.15) is 5.10 Å². The van der Waals surface area contributed by atoms with E-state index in [9.17, 15) is 13.2 Å². The summed E-state index contributed by atoms with van der Waals surface area (Å²) in [4.78, 5) is 3.89. The molecule has 0 aliphatic heterocycles. The van der Waals surface area contributed by atoms with Gasteiger partial charge in [0, 0.05) is 10.0 Å². The van der Waals surface area contributed by atoms with Crippen LogP contribution in [-0.2, 0) is 14.2 Å². The highest BCUT2D eigenvalue weighted by atomic mass is 35.5. The van der Waals surface area contributed by atoms with E-state index >= 15 is 0 Å². The van der Waals surface area contributed by atoms with Crippen LogP contribution in [0.2, 0.25) is 10.0 Å². The Bertz CT molecular complexity index is 984. The van der Waals surface area contributed by atoms with Crippen molar-refractivity contribution in [1.82, 2.24) is 14.8 Å². The number of ether oxygens (including phenoxy) is 3. The minimum absolute atomic E-state index is 0.248. The highest BCUT2D eigenvalue weighted by molar-refractivity contribution is 6.34. The molecule has 1 atom stereocenters. The molecule has 0 amide bonds. The van der Waals surface area contributed by atoms with Gasteiger partial charge >= 0.3 is 5.97 Å². The first kappa shape index (κ1) is 24.2. The van der Waals surface area contributed by atoms with Gasteiger partial charge in [-0.1, -0.05) is 47.5 Å². The maximum Gasteiger partial charge on any atom is 0.300 e. The van der Waals surface area contributed by atoms with Crippen LogP contribution in [0, 0.1) is 0 Å². The Labute approximate surface area is 192 Å². The zero-order valence-electron chi connectivity index (χ0n) is 16.5. The molecular weight excluding hydrogens is 470 g/mol. The Balaban J connectivity index is 2.01. The molecule has 3 aromatic rings. The number of hydrogen-bond donors (Lipinski definition) is 0. The van der Waals surface area contributed by atoms with Crippen molar-refractivity contribution in [3.63, 3.8) is 0 Å². The molecule has 0 radical (unpaired) electrons. The van der Waals surface area contributed by atoms with Crippen molar-refractivity contribution >= 4 is 29.3 Å². The molecule has 0 bridgehead atoms. The number of aromatic nitrogens is 3. The van der Waals surface area contributed by atoms with Crippen LogP contribution in [0.5, 0.6) is 0 Å². The van der Waals surface area contributed by atoms with Crippen molar-refractivity contribution in [2.75, 3.05) is 20.6 Å². The third-order valence-electron chi connectivity index (χ3n) is 4.45. The van der Waals surface area contributed by atoms with Crippen molar-refractivity contribution in [3.05, 3.63) is 82.4 Å². The van der Waals surface area contributed by atoms with Crippen LogP contribution in [0.15, 0.2) is 61.2 Å². The van der Waals surface area contributed by atoms with Crippen LogP contribution in [0.25, 0.3) is 11.8 Å². The molecule has 0 saturated heterocycles. The highest BCUT2D eigenvalue weighted by Gasteiger charge is 2.43.